The standard InChI is InChI=1S/C14H18P2.2C5H5.2Fe/c1-9(15)11-5-3-7-13(11)14-8-4-6-12(14)10(2)16;2*1-2-4-5-3-1;;/h3-10H,15-16H2,1-2H3;2*1-5H;;/q-2;2*-1;2*+2. The van der Waals surface area contributed by atoms with Crippen LogP contribution in [0, 0.1) is 0 Å². The molecule has 0 aliphatic carbocycles. The molecule has 4 rings (SSSR count). The molecule has 0 N–H and O–H groups in total. The number of hydrogen-bond donors (Lipinski definition) is 0. The Bertz CT molecular complexity index is 702. The molecular weight excluding hydrogens is 462 g/mol. The Hall–Kier alpha value is -0.701. The van der Waals surface area contributed by atoms with Crippen molar-refractivity contribution in [1.29, 1.82) is 0 Å². The van der Waals surface area contributed by atoms with Crippen LogP contribution in [-0.2, 0) is 34.1 Å². The summed E-state index contributed by atoms with van der Waals surface area (Å²) in [6.45, 7) is 4.44. The molecule has 0 heterocycles. The Morgan fingerprint density at radius 1 is 0.643 bits per heavy atom. The first-order valence-corrected chi connectivity index (χ1v) is 10.3. The monoisotopic (exact) mass is 490 g/mol. The first-order chi connectivity index (χ1) is 12.6. The van der Waals surface area contributed by atoms with E-state index in [1.807, 2.05) is 60.7 Å². The maximum atomic E-state index is 2.88. The van der Waals surface area contributed by atoms with E-state index in [2.05, 4.69) is 68.7 Å². The van der Waals surface area contributed by atoms with Gasteiger partial charge in [-0.05, 0) is 11.3 Å². The molecular formula is C24H28Fe2P2. The maximum absolute atomic E-state index is 2.88. The first kappa shape index (κ1) is 27.3. The fourth-order valence-electron chi connectivity index (χ4n) is 2.79. The zero-order chi connectivity index (χ0) is 18.8. The zero-order valence-corrected chi connectivity index (χ0v) is 20.8. The van der Waals surface area contributed by atoms with Gasteiger partial charge in [0.05, 0.1) is 0 Å². The van der Waals surface area contributed by atoms with E-state index >= 15 is 0 Å². The Morgan fingerprint density at radius 3 is 1.18 bits per heavy atom. The molecule has 28 heavy (non-hydrogen) atoms. The molecule has 0 bridgehead atoms. The van der Waals surface area contributed by atoms with Gasteiger partial charge >= 0.3 is 34.1 Å². The molecule has 4 aromatic carbocycles. The van der Waals surface area contributed by atoms with Crippen molar-refractivity contribution in [3.63, 3.8) is 0 Å². The van der Waals surface area contributed by atoms with E-state index in [0.29, 0.717) is 11.3 Å². The van der Waals surface area contributed by atoms with Gasteiger partial charge in [-0.25, -0.2) is 24.3 Å². The summed E-state index contributed by atoms with van der Waals surface area (Å²) in [5, 5.41) is 0. The third-order valence-electron chi connectivity index (χ3n) is 4.08. The normalized spacial score (nSPS) is 11.4. The molecule has 0 aromatic heterocycles. The van der Waals surface area contributed by atoms with Gasteiger partial charge in [-0.1, -0.05) is 13.8 Å². The molecule has 0 fully saturated rings. The van der Waals surface area contributed by atoms with Crippen molar-refractivity contribution in [1.82, 2.24) is 0 Å². The van der Waals surface area contributed by atoms with Crippen molar-refractivity contribution in [3.8, 4) is 11.1 Å². The van der Waals surface area contributed by atoms with E-state index in [0.717, 1.165) is 0 Å². The van der Waals surface area contributed by atoms with Crippen molar-refractivity contribution in [2.75, 3.05) is 0 Å². The van der Waals surface area contributed by atoms with Crippen LogP contribution in [0.3, 0.4) is 0 Å². The molecule has 4 atom stereocenters. The van der Waals surface area contributed by atoms with Gasteiger partial charge in [0, 0.05) is 0 Å². The van der Waals surface area contributed by atoms with Crippen molar-refractivity contribution in [3.05, 3.63) is 108 Å². The molecule has 0 spiro atoms. The van der Waals surface area contributed by atoms with Crippen LogP contribution in [0.1, 0.15) is 36.3 Å². The number of rotatable bonds is 3. The molecule has 4 unspecified atom stereocenters. The van der Waals surface area contributed by atoms with E-state index in [1.165, 1.54) is 22.3 Å². The minimum atomic E-state index is 0. The van der Waals surface area contributed by atoms with E-state index < -0.39 is 0 Å². The van der Waals surface area contributed by atoms with Gasteiger partial charge in [-0.3, -0.25) is 0 Å². The minimum absolute atomic E-state index is 0. The van der Waals surface area contributed by atoms with Crippen LogP contribution < -0.4 is 0 Å². The van der Waals surface area contributed by atoms with Crippen LogP contribution >= 0.6 is 18.5 Å². The molecule has 0 saturated carbocycles. The predicted octanol–water partition coefficient (Wildman–Crippen LogP) is 7.47. The summed E-state index contributed by atoms with van der Waals surface area (Å²) in [7, 11) is 5.75. The Balaban J connectivity index is 0.000000500. The third-order valence-corrected chi connectivity index (χ3v) is 4.80. The third kappa shape index (κ3) is 8.76. The summed E-state index contributed by atoms with van der Waals surface area (Å²) >= 11 is 0. The van der Waals surface area contributed by atoms with E-state index in [-0.39, 0.29) is 34.1 Å². The van der Waals surface area contributed by atoms with Gasteiger partial charge in [0.25, 0.3) is 0 Å². The molecule has 0 amide bonds. The molecule has 0 aliphatic rings. The second-order valence-corrected chi connectivity index (χ2v) is 8.29. The summed E-state index contributed by atoms with van der Waals surface area (Å²) < 4.78 is 0. The van der Waals surface area contributed by atoms with E-state index in [9.17, 15) is 0 Å². The largest absolute Gasteiger partial charge is 2.00 e. The second kappa shape index (κ2) is 15.2. The van der Waals surface area contributed by atoms with Crippen molar-refractivity contribution in [2.24, 2.45) is 0 Å². The van der Waals surface area contributed by atoms with Crippen LogP contribution in [-0.4, -0.2) is 0 Å². The van der Waals surface area contributed by atoms with Crippen LogP contribution in [0.5, 0.6) is 0 Å². The topological polar surface area (TPSA) is 0 Å². The van der Waals surface area contributed by atoms with Crippen LogP contribution in [0.15, 0.2) is 97.1 Å². The second-order valence-electron chi connectivity index (χ2n) is 6.29. The summed E-state index contributed by atoms with van der Waals surface area (Å²) in [5.74, 6) is 0. The summed E-state index contributed by atoms with van der Waals surface area (Å²) in [6.07, 6.45) is 0. The van der Waals surface area contributed by atoms with Crippen molar-refractivity contribution in [2.45, 2.75) is 25.2 Å². The van der Waals surface area contributed by atoms with Crippen molar-refractivity contribution < 1.29 is 34.1 Å². The van der Waals surface area contributed by atoms with Gasteiger partial charge in [-0.15, -0.1) is 18.5 Å². The summed E-state index contributed by atoms with van der Waals surface area (Å²) in [5.41, 5.74) is 6.62. The molecule has 0 aliphatic heterocycles. The molecule has 0 radical (unpaired) electrons. The molecule has 4 heteroatoms. The number of hydrogen-bond acceptors (Lipinski definition) is 0. The van der Waals surface area contributed by atoms with E-state index in [1.54, 1.807) is 0 Å². The average Bonchev–Trinajstić information content (AvgIpc) is 3.47. The predicted molar refractivity (Wildman–Crippen MR) is 123 cm³/mol. The van der Waals surface area contributed by atoms with Gasteiger partial charge in [0.2, 0.25) is 0 Å². The van der Waals surface area contributed by atoms with Gasteiger partial charge in [0.1, 0.15) is 0 Å². The fourth-order valence-corrected chi connectivity index (χ4v) is 3.38. The average molecular weight is 490 g/mol. The SMILES string of the molecule is CC(P)c1ccc[c-]1-[c-]1cccc1C(C)P.[Fe+2].[Fe+2].c1cc[cH-]c1.c1cc[cH-]c1. The molecule has 4 aromatic rings. The summed E-state index contributed by atoms with van der Waals surface area (Å²) in [6, 6.07) is 33.2. The maximum Gasteiger partial charge on any atom is 2.00 e. The minimum Gasteiger partial charge on any atom is -0.214 e. The van der Waals surface area contributed by atoms with Gasteiger partial charge in [-0.2, -0.15) is 95.1 Å². The smallest absolute Gasteiger partial charge is 0.214 e. The summed E-state index contributed by atoms with van der Waals surface area (Å²) in [4.78, 5) is 0. The van der Waals surface area contributed by atoms with E-state index in [4.69, 9.17) is 0 Å². The zero-order valence-electron chi connectivity index (χ0n) is 16.3. The first-order valence-electron chi connectivity index (χ1n) is 8.97. The molecule has 0 nitrogen and oxygen atoms in total. The van der Waals surface area contributed by atoms with Crippen LogP contribution in [0.25, 0.3) is 11.1 Å². The Labute approximate surface area is 196 Å². The van der Waals surface area contributed by atoms with Crippen LogP contribution in [0.2, 0.25) is 0 Å². The fraction of sp³-hybridized carbons (Fsp3) is 0.167. The Morgan fingerprint density at radius 2 is 0.964 bits per heavy atom. The van der Waals surface area contributed by atoms with Crippen LogP contribution in [0.4, 0.5) is 0 Å². The Kier molecular flexibility index (Phi) is 14.8. The molecule has 150 valence electrons. The van der Waals surface area contributed by atoms with Gasteiger partial charge in [0.15, 0.2) is 0 Å². The van der Waals surface area contributed by atoms with Crippen molar-refractivity contribution >= 4 is 18.5 Å². The van der Waals surface area contributed by atoms with Gasteiger partial charge < -0.3 is 0 Å². The molecule has 0 saturated heterocycles. The quantitative estimate of drug-likeness (QED) is 0.159.